The van der Waals surface area contributed by atoms with Crippen LogP contribution < -0.4 is 0 Å². The number of hydrogen-bond acceptors (Lipinski definition) is 1. The fraction of sp³-hybridized carbons (Fsp3) is 0.471. The Kier molecular flexibility index (Phi) is 6.49. The van der Waals surface area contributed by atoms with Crippen molar-refractivity contribution >= 4 is 0 Å². The highest BCUT2D eigenvalue weighted by Gasteiger charge is 2.09. The lowest BCUT2D eigenvalue weighted by molar-refractivity contribution is 0.177. The Bertz CT molecular complexity index is 406. The van der Waals surface area contributed by atoms with Gasteiger partial charge in [-0.05, 0) is 43.4 Å². The maximum absolute atomic E-state index is 10.2. The Hall–Kier alpha value is -1.30. The average Bonchev–Trinajstić information content (AvgIpc) is 2.36. The van der Waals surface area contributed by atoms with E-state index < -0.39 is 6.10 Å². The summed E-state index contributed by atoms with van der Waals surface area (Å²) in [6.07, 6.45) is 3.65. The zero-order valence-corrected chi connectivity index (χ0v) is 11.7. The first kappa shape index (κ1) is 14.8. The first-order valence-corrected chi connectivity index (χ1v) is 6.78. The van der Waals surface area contributed by atoms with E-state index in [1.165, 1.54) is 17.6 Å². The van der Waals surface area contributed by atoms with E-state index in [0.717, 1.165) is 18.4 Å². The first-order valence-electron chi connectivity index (χ1n) is 6.78. The molecule has 0 aliphatic heterocycles. The second kappa shape index (κ2) is 7.92. The lowest BCUT2D eigenvalue weighted by Crippen LogP contribution is -1.99. The van der Waals surface area contributed by atoms with E-state index in [4.69, 9.17) is 0 Å². The smallest absolute Gasteiger partial charge is 0.0833 e. The molecule has 1 rings (SSSR count). The molecule has 0 bridgehead atoms. The number of unbranched alkanes of at least 4 members (excludes halogenated alkanes) is 1. The molecule has 0 spiro atoms. The van der Waals surface area contributed by atoms with E-state index in [-0.39, 0.29) is 0 Å². The third-order valence-corrected chi connectivity index (χ3v) is 2.88. The summed E-state index contributed by atoms with van der Waals surface area (Å²) in [7, 11) is 0. The molecule has 0 fully saturated rings. The van der Waals surface area contributed by atoms with Crippen LogP contribution in [0.2, 0.25) is 0 Å². The van der Waals surface area contributed by atoms with Crippen molar-refractivity contribution in [2.75, 3.05) is 0 Å². The minimum atomic E-state index is -0.412. The molecule has 18 heavy (non-hydrogen) atoms. The topological polar surface area (TPSA) is 20.2 Å². The summed E-state index contributed by atoms with van der Waals surface area (Å²) in [6, 6.07) is 9.86. The summed E-state index contributed by atoms with van der Waals surface area (Å²) < 4.78 is 0. The van der Waals surface area contributed by atoms with Gasteiger partial charge < -0.3 is 5.11 Å². The van der Waals surface area contributed by atoms with Gasteiger partial charge in [0.25, 0.3) is 0 Å². The van der Waals surface area contributed by atoms with E-state index >= 15 is 0 Å². The largest absolute Gasteiger partial charge is 0.388 e. The fourth-order valence-corrected chi connectivity index (χ4v) is 1.99. The molecular formula is C17H24O. The molecule has 0 aliphatic rings. The summed E-state index contributed by atoms with van der Waals surface area (Å²) in [5, 5.41) is 10.2. The molecular weight excluding hydrogens is 220 g/mol. The molecule has 0 aliphatic carbocycles. The molecule has 1 aromatic carbocycles. The number of aliphatic hydroxyl groups is 1. The van der Waals surface area contributed by atoms with Crippen LogP contribution in [-0.2, 0) is 0 Å². The summed E-state index contributed by atoms with van der Waals surface area (Å²) in [4.78, 5) is 0. The number of rotatable bonds is 6. The molecule has 0 saturated heterocycles. The van der Waals surface area contributed by atoms with Crippen LogP contribution in [0.1, 0.15) is 58.1 Å². The monoisotopic (exact) mass is 244 g/mol. The second-order valence-electron chi connectivity index (χ2n) is 4.96. The van der Waals surface area contributed by atoms with Crippen LogP contribution in [0.4, 0.5) is 0 Å². The molecule has 0 amide bonds. The van der Waals surface area contributed by atoms with E-state index in [0.29, 0.717) is 6.42 Å². The van der Waals surface area contributed by atoms with Crippen LogP contribution in [0.25, 0.3) is 0 Å². The third kappa shape index (κ3) is 5.35. The third-order valence-electron chi connectivity index (χ3n) is 2.88. The van der Waals surface area contributed by atoms with Crippen LogP contribution >= 0.6 is 0 Å². The van der Waals surface area contributed by atoms with Gasteiger partial charge in [-0.15, -0.1) is 5.73 Å². The molecule has 1 N–H and O–H groups in total. The first-order chi connectivity index (χ1) is 8.63. The van der Waals surface area contributed by atoms with Crippen LogP contribution in [-0.4, -0.2) is 5.11 Å². The van der Waals surface area contributed by atoms with Gasteiger partial charge in [-0.1, -0.05) is 43.7 Å². The molecule has 1 unspecified atom stereocenters. The van der Waals surface area contributed by atoms with Crippen LogP contribution in [0.5, 0.6) is 0 Å². The Morgan fingerprint density at radius 1 is 1.22 bits per heavy atom. The average molecular weight is 244 g/mol. The van der Waals surface area contributed by atoms with Gasteiger partial charge in [0.2, 0.25) is 0 Å². The highest BCUT2D eigenvalue weighted by molar-refractivity contribution is 5.20. The predicted octanol–water partition coefficient (Wildman–Crippen LogP) is 4.79. The lowest BCUT2D eigenvalue weighted by Gasteiger charge is -2.12. The van der Waals surface area contributed by atoms with E-state index in [1.807, 2.05) is 30.3 Å². The number of benzene rings is 1. The molecule has 0 radical (unpaired) electrons. The zero-order chi connectivity index (χ0) is 13.4. The van der Waals surface area contributed by atoms with Crippen LogP contribution in [0, 0.1) is 0 Å². The van der Waals surface area contributed by atoms with Crippen molar-refractivity contribution < 1.29 is 5.11 Å². The van der Waals surface area contributed by atoms with Crippen molar-refractivity contribution in [2.45, 2.75) is 52.6 Å². The van der Waals surface area contributed by atoms with E-state index in [2.05, 4.69) is 26.5 Å². The van der Waals surface area contributed by atoms with Crippen molar-refractivity contribution in [2.24, 2.45) is 0 Å². The molecule has 1 aromatic rings. The lowest BCUT2D eigenvalue weighted by atomic mass is 9.98. The summed E-state index contributed by atoms with van der Waals surface area (Å²) in [6.45, 7) is 6.30. The van der Waals surface area contributed by atoms with Crippen molar-refractivity contribution in [3.63, 3.8) is 0 Å². The van der Waals surface area contributed by atoms with E-state index in [9.17, 15) is 5.11 Å². The van der Waals surface area contributed by atoms with Gasteiger partial charge in [0.1, 0.15) is 0 Å². The molecule has 1 nitrogen and oxygen atoms in total. The molecule has 0 aromatic heterocycles. The minimum absolute atomic E-state index is 0.412. The normalized spacial score (nSPS) is 11.8. The van der Waals surface area contributed by atoms with Crippen molar-refractivity contribution in [1.29, 1.82) is 0 Å². The molecule has 0 heterocycles. The Morgan fingerprint density at radius 3 is 2.44 bits per heavy atom. The minimum Gasteiger partial charge on any atom is -0.388 e. The summed E-state index contributed by atoms with van der Waals surface area (Å²) in [5.74, 6) is 0. The van der Waals surface area contributed by atoms with Gasteiger partial charge in [0.15, 0.2) is 0 Å². The van der Waals surface area contributed by atoms with Crippen LogP contribution in [0.15, 0.2) is 47.2 Å². The van der Waals surface area contributed by atoms with Gasteiger partial charge >= 0.3 is 0 Å². The predicted molar refractivity (Wildman–Crippen MR) is 77.4 cm³/mol. The zero-order valence-electron chi connectivity index (χ0n) is 11.7. The van der Waals surface area contributed by atoms with Gasteiger partial charge in [-0.2, -0.15) is 0 Å². The van der Waals surface area contributed by atoms with Crippen molar-refractivity contribution in [1.82, 2.24) is 0 Å². The fourth-order valence-electron chi connectivity index (χ4n) is 1.99. The molecule has 0 saturated carbocycles. The van der Waals surface area contributed by atoms with Crippen molar-refractivity contribution in [3.05, 3.63) is 52.8 Å². The maximum Gasteiger partial charge on any atom is 0.0833 e. The molecule has 1 atom stereocenters. The Morgan fingerprint density at radius 2 is 1.89 bits per heavy atom. The summed E-state index contributed by atoms with van der Waals surface area (Å²) >= 11 is 0. The van der Waals surface area contributed by atoms with Crippen molar-refractivity contribution in [3.8, 4) is 0 Å². The molecule has 98 valence electrons. The maximum atomic E-state index is 10.2. The van der Waals surface area contributed by atoms with Gasteiger partial charge in [0.05, 0.1) is 6.10 Å². The Balaban J connectivity index is 2.75. The standard InChI is InChI=1S/C17H24O/c1-4-5-9-15(12-14(2)3)13-17(18)16-10-7-6-8-11-16/h6-8,10-11,17-18H,4-5,9,13H2,1-3H3. The van der Waals surface area contributed by atoms with Gasteiger partial charge in [-0.3, -0.25) is 0 Å². The highest BCUT2D eigenvalue weighted by Crippen LogP contribution is 2.23. The quantitative estimate of drug-likeness (QED) is 0.713. The highest BCUT2D eigenvalue weighted by atomic mass is 16.3. The SMILES string of the molecule is CCCCC(=C=C(C)C)CC(O)c1ccccc1. The van der Waals surface area contributed by atoms with Crippen LogP contribution in [0.3, 0.4) is 0 Å². The van der Waals surface area contributed by atoms with E-state index in [1.54, 1.807) is 0 Å². The Labute approximate surface area is 111 Å². The second-order valence-corrected chi connectivity index (χ2v) is 4.96. The van der Waals surface area contributed by atoms with Gasteiger partial charge in [-0.25, -0.2) is 0 Å². The number of aliphatic hydroxyl groups excluding tert-OH is 1. The van der Waals surface area contributed by atoms with Gasteiger partial charge in [0, 0.05) is 6.42 Å². The number of hydrogen-bond donors (Lipinski definition) is 1. The molecule has 1 heteroatoms. The summed E-state index contributed by atoms with van der Waals surface area (Å²) in [5.41, 5.74) is 6.79.